The summed E-state index contributed by atoms with van der Waals surface area (Å²) in [6, 6.07) is 24.8. The zero-order valence-corrected chi connectivity index (χ0v) is 19.3. The highest BCUT2D eigenvalue weighted by Crippen LogP contribution is 2.27. The van der Waals surface area contributed by atoms with Crippen LogP contribution in [0, 0.1) is 5.92 Å². The topological polar surface area (TPSA) is 45.7 Å². The first-order valence-electron chi connectivity index (χ1n) is 11.8. The second-order valence-corrected chi connectivity index (χ2v) is 8.85. The van der Waals surface area contributed by atoms with Crippen LogP contribution < -0.4 is 4.74 Å². The Labute approximate surface area is 197 Å². The van der Waals surface area contributed by atoms with Crippen molar-refractivity contribution in [1.82, 2.24) is 14.8 Å². The summed E-state index contributed by atoms with van der Waals surface area (Å²) in [5.41, 5.74) is 2.58. The molecule has 0 saturated carbocycles. The quantitative estimate of drug-likeness (QED) is 0.490. The summed E-state index contributed by atoms with van der Waals surface area (Å²) >= 11 is 0. The number of likely N-dealkylation sites (N-methyl/N-ethyl adjacent to an activating group) is 1. The summed E-state index contributed by atoms with van der Waals surface area (Å²) in [4.78, 5) is 21.4. The van der Waals surface area contributed by atoms with E-state index in [-0.39, 0.29) is 12.5 Å². The van der Waals surface area contributed by atoms with Crippen LogP contribution in [0.5, 0.6) is 5.75 Å². The van der Waals surface area contributed by atoms with Crippen molar-refractivity contribution in [3.8, 4) is 5.75 Å². The smallest absolute Gasteiger partial charge is 0.260 e. The van der Waals surface area contributed by atoms with Gasteiger partial charge in [-0.15, -0.1) is 0 Å². The lowest BCUT2D eigenvalue weighted by Gasteiger charge is -2.40. The van der Waals surface area contributed by atoms with Crippen LogP contribution in [-0.4, -0.2) is 53.5 Å². The van der Waals surface area contributed by atoms with Gasteiger partial charge in [-0.3, -0.25) is 14.7 Å². The lowest BCUT2D eigenvalue weighted by Crippen LogP contribution is -2.47. The number of carbonyl (C=O) groups excluding carboxylic acids is 1. The third-order valence-corrected chi connectivity index (χ3v) is 6.55. The van der Waals surface area contributed by atoms with Crippen LogP contribution in [-0.2, 0) is 17.8 Å². The zero-order chi connectivity index (χ0) is 22.9. The average Bonchev–Trinajstić information content (AvgIpc) is 2.88. The first kappa shape index (κ1) is 23.0. The first-order chi connectivity index (χ1) is 16.2. The largest absolute Gasteiger partial charge is 0.484 e. The van der Waals surface area contributed by atoms with Crippen molar-refractivity contribution < 1.29 is 9.53 Å². The number of benzene rings is 2. The fourth-order valence-corrected chi connectivity index (χ4v) is 4.72. The van der Waals surface area contributed by atoms with Crippen molar-refractivity contribution >= 4 is 5.91 Å². The molecule has 1 amide bonds. The standard InChI is InChI=1S/C28H33N3O2/c1-30(21-24-11-8-16-29-20-24)27(19-23-9-4-2-5-10-23)25-14-17-31(18-15-25)28(32)22-33-26-12-6-3-7-13-26/h2-13,16,20,25,27H,14-15,17-19,21-22H2,1H3/t27-/m1/s1. The molecule has 1 saturated heterocycles. The van der Waals surface area contributed by atoms with E-state index in [0.29, 0.717) is 12.0 Å². The summed E-state index contributed by atoms with van der Waals surface area (Å²) in [6.45, 7) is 2.54. The van der Waals surface area contributed by atoms with E-state index in [1.165, 1.54) is 11.1 Å². The number of likely N-dealkylation sites (tertiary alicyclic amines) is 1. The van der Waals surface area contributed by atoms with Crippen LogP contribution in [0.25, 0.3) is 0 Å². The minimum absolute atomic E-state index is 0.0700. The second kappa shape index (κ2) is 11.6. The maximum Gasteiger partial charge on any atom is 0.260 e. The van der Waals surface area contributed by atoms with Crippen molar-refractivity contribution in [2.75, 3.05) is 26.7 Å². The van der Waals surface area contributed by atoms with Gasteiger partial charge in [-0.1, -0.05) is 54.6 Å². The second-order valence-electron chi connectivity index (χ2n) is 8.85. The lowest BCUT2D eigenvalue weighted by molar-refractivity contribution is -0.135. The highest BCUT2D eigenvalue weighted by Gasteiger charge is 2.31. The summed E-state index contributed by atoms with van der Waals surface area (Å²) in [5, 5.41) is 0. The molecule has 0 N–H and O–H groups in total. The Morgan fingerprint density at radius 1 is 1.00 bits per heavy atom. The molecule has 0 aliphatic carbocycles. The maximum atomic E-state index is 12.7. The van der Waals surface area contributed by atoms with Gasteiger partial charge in [-0.05, 0) is 61.6 Å². The van der Waals surface area contributed by atoms with Gasteiger partial charge < -0.3 is 9.64 Å². The van der Waals surface area contributed by atoms with E-state index >= 15 is 0 Å². The summed E-state index contributed by atoms with van der Waals surface area (Å²) in [5.74, 6) is 1.34. The Balaban J connectivity index is 1.36. The Morgan fingerprint density at radius 2 is 1.67 bits per heavy atom. The van der Waals surface area contributed by atoms with Gasteiger partial charge in [0, 0.05) is 38.1 Å². The normalized spacial score (nSPS) is 15.4. The van der Waals surface area contributed by atoms with Crippen molar-refractivity contribution in [2.45, 2.75) is 31.8 Å². The van der Waals surface area contributed by atoms with Crippen molar-refractivity contribution in [3.63, 3.8) is 0 Å². The number of hydrogen-bond acceptors (Lipinski definition) is 4. The molecular formula is C28H33N3O2. The minimum atomic E-state index is 0.0700. The summed E-state index contributed by atoms with van der Waals surface area (Å²) in [6.07, 6.45) is 6.79. The number of amides is 1. The Bertz CT molecular complexity index is 974. The molecule has 1 aliphatic heterocycles. The van der Waals surface area contributed by atoms with E-state index in [1.807, 2.05) is 53.7 Å². The van der Waals surface area contributed by atoms with Crippen molar-refractivity contribution in [1.29, 1.82) is 0 Å². The van der Waals surface area contributed by atoms with Crippen LogP contribution in [0.3, 0.4) is 0 Å². The maximum absolute atomic E-state index is 12.7. The van der Waals surface area contributed by atoms with Crippen LogP contribution in [0.1, 0.15) is 24.0 Å². The highest BCUT2D eigenvalue weighted by molar-refractivity contribution is 5.77. The van der Waals surface area contributed by atoms with E-state index in [0.717, 1.165) is 44.6 Å². The molecule has 1 fully saturated rings. The van der Waals surface area contributed by atoms with E-state index in [9.17, 15) is 4.79 Å². The molecule has 2 heterocycles. The molecule has 172 valence electrons. The Hall–Kier alpha value is -3.18. The minimum Gasteiger partial charge on any atom is -0.484 e. The molecule has 5 heteroatoms. The van der Waals surface area contributed by atoms with E-state index in [2.05, 4.69) is 53.3 Å². The van der Waals surface area contributed by atoms with Gasteiger partial charge in [0.05, 0.1) is 0 Å². The Morgan fingerprint density at radius 3 is 2.33 bits per heavy atom. The van der Waals surface area contributed by atoms with Gasteiger partial charge in [0.15, 0.2) is 6.61 Å². The van der Waals surface area contributed by atoms with Crippen LogP contribution in [0.15, 0.2) is 85.2 Å². The molecule has 1 aliphatic rings. The summed E-state index contributed by atoms with van der Waals surface area (Å²) < 4.78 is 5.67. The van der Waals surface area contributed by atoms with E-state index in [1.54, 1.807) is 0 Å². The molecule has 5 nitrogen and oxygen atoms in total. The number of rotatable bonds is 9. The number of carbonyl (C=O) groups is 1. The third kappa shape index (κ3) is 6.65. The predicted molar refractivity (Wildman–Crippen MR) is 131 cm³/mol. The molecule has 0 spiro atoms. The number of nitrogens with zero attached hydrogens (tertiary/aromatic N) is 3. The van der Waals surface area contributed by atoms with Crippen LogP contribution in [0.2, 0.25) is 0 Å². The first-order valence-corrected chi connectivity index (χ1v) is 11.8. The molecule has 0 unspecified atom stereocenters. The lowest BCUT2D eigenvalue weighted by atomic mass is 9.85. The molecule has 0 bridgehead atoms. The fraction of sp³-hybridized carbons (Fsp3) is 0.357. The Kier molecular flexibility index (Phi) is 8.09. The molecule has 0 radical (unpaired) electrons. The average molecular weight is 444 g/mol. The van der Waals surface area contributed by atoms with E-state index < -0.39 is 0 Å². The van der Waals surface area contributed by atoms with Gasteiger partial charge in [0.25, 0.3) is 5.91 Å². The fourth-order valence-electron chi connectivity index (χ4n) is 4.72. The SMILES string of the molecule is CN(Cc1cccnc1)[C@H](Cc1ccccc1)C1CCN(C(=O)COc2ccccc2)CC1. The number of hydrogen-bond donors (Lipinski definition) is 0. The van der Waals surface area contributed by atoms with Crippen molar-refractivity contribution in [3.05, 3.63) is 96.3 Å². The number of aromatic nitrogens is 1. The third-order valence-electron chi connectivity index (χ3n) is 6.55. The van der Waals surface area contributed by atoms with Gasteiger partial charge in [-0.2, -0.15) is 0 Å². The predicted octanol–water partition coefficient (Wildman–Crippen LogP) is 4.44. The van der Waals surface area contributed by atoms with Crippen molar-refractivity contribution in [2.24, 2.45) is 5.92 Å². The highest BCUT2D eigenvalue weighted by atomic mass is 16.5. The molecule has 1 aromatic heterocycles. The number of piperidine rings is 1. The number of para-hydroxylation sites is 1. The monoisotopic (exact) mass is 443 g/mol. The summed E-state index contributed by atoms with van der Waals surface area (Å²) in [7, 11) is 2.21. The molecular weight excluding hydrogens is 410 g/mol. The van der Waals surface area contributed by atoms with Crippen LogP contribution in [0.4, 0.5) is 0 Å². The molecule has 3 aromatic rings. The number of ether oxygens (including phenoxy) is 1. The zero-order valence-electron chi connectivity index (χ0n) is 19.3. The molecule has 33 heavy (non-hydrogen) atoms. The number of pyridine rings is 1. The van der Waals surface area contributed by atoms with Crippen LogP contribution >= 0.6 is 0 Å². The van der Waals surface area contributed by atoms with Gasteiger partial charge >= 0.3 is 0 Å². The molecule has 1 atom stereocenters. The van der Waals surface area contributed by atoms with Gasteiger partial charge in [0.1, 0.15) is 5.75 Å². The molecule has 4 rings (SSSR count). The van der Waals surface area contributed by atoms with E-state index in [4.69, 9.17) is 4.74 Å². The van der Waals surface area contributed by atoms with Gasteiger partial charge in [0.2, 0.25) is 0 Å². The van der Waals surface area contributed by atoms with Gasteiger partial charge in [-0.25, -0.2) is 0 Å². The molecule has 2 aromatic carbocycles.